The predicted octanol–water partition coefficient (Wildman–Crippen LogP) is 3.24. The van der Waals surface area contributed by atoms with Gasteiger partial charge in [-0.1, -0.05) is 48.2 Å². The second-order valence-electron chi connectivity index (χ2n) is 6.00. The fourth-order valence-corrected chi connectivity index (χ4v) is 3.30. The van der Waals surface area contributed by atoms with Crippen LogP contribution in [0.5, 0.6) is 5.75 Å². The number of ether oxygens (including phenoxy) is 1. The van der Waals surface area contributed by atoms with E-state index in [2.05, 4.69) is 22.8 Å². The number of hydrogen-bond donors (Lipinski definition) is 1. The number of hydrogen-bond acceptors (Lipinski definition) is 3. The van der Waals surface area contributed by atoms with Crippen LogP contribution in [0.4, 0.5) is 0 Å². The summed E-state index contributed by atoms with van der Waals surface area (Å²) in [5.74, 6) is 7.55. The van der Waals surface area contributed by atoms with E-state index in [0.29, 0.717) is 0 Å². The lowest BCUT2D eigenvalue weighted by Gasteiger charge is -2.30. The van der Waals surface area contributed by atoms with Crippen LogP contribution >= 0.6 is 0 Å². The molecule has 1 aliphatic rings. The van der Waals surface area contributed by atoms with E-state index < -0.39 is 0 Å². The van der Waals surface area contributed by atoms with Crippen molar-refractivity contribution in [3.8, 4) is 17.6 Å². The number of para-hydroxylation sites is 1. The van der Waals surface area contributed by atoms with Gasteiger partial charge in [0.05, 0.1) is 13.7 Å². The summed E-state index contributed by atoms with van der Waals surface area (Å²) in [5, 5.41) is 9.72. The predicted molar refractivity (Wildman–Crippen MR) is 95.9 cm³/mol. The average molecular weight is 321 g/mol. The minimum atomic E-state index is -0.0824. The molecule has 1 fully saturated rings. The highest BCUT2D eigenvalue weighted by Gasteiger charge is 2.31. The normalized spacial score (nSPS) is 18.7. The molecule has 0 unspecified atom stereocenters. The highest BCUT2D eigenvalue weighted by Crippen LogP contribution is 2.33. The number of likely N-dealkylation sites (tertiary alicyclic amines) is 1. The summed E-state index contributed by atoms with van der Waals surface area (Å²) in [6.07, 6.45) is 2.10. The van der Waals surface area contributed by atoms with E-state index in [9.17, 15) is 5.11 Å². The summed E-state index contributed by atoms with van der Waals surface area (Å²) in [6.45, 7) is 1.11. The number of benzene rings is 2. The SMILES string of the molecule is COc1ccccc1[C@@H](C#Cc1ccccc1)N1CCC[C@H]1CO. The van der Waals surface area contributed by atoms with Crippen LogP contribution in [0.25, 0.3) is 0 Å². The maximum Gasteiger partial charge on any atom is 0.124 e. The fourth-order valence-electron chi connectivity index (χ4n) is 3.30. The smallest absolute Gasteiger partial charge is 0.124 e. The van der Waals surface area contributed by atoms with Crippen molar-refractivity contribution in [3.63, 3.8) is 0 Å². The maximum absolute atomic E-state index is 9.72. The van der Waals surface area contributed by atoms with Gasteiger partial charge in [0.15, 0.2) is 0 Å². The van der Waals surface area contributed by atoms with Crippen LogP contribution < -0.4 is 4.74 Å². The molecule has 3 nitrogen and oxygen atoms in total. The molecule has 0 aliphatic carbocycles. The van der Waals surface area contributed by atoms with Gasteiger partial charge in [-0.15, -0.1) is 0 Å². The first-order valence-electron chi connectivity index (χ1n) is 8.39. The highest BCUT2D eigenvalue weighted by atomic mass is 16.5. The Bertz CT molecular complexity index is 717. The molecule has 0 saturated carbocycles. The van der Waals surface area contributed by atoms with Crippen molar-refractivity contribution in [2.45, 2.75) is 24.9 Å². The molecule has 3 heteroatoms. The van der Waals surface area contributed by atoms with E-state index in [1.165, 1.54) is 0 Å². The molecule has 0 amide bonds. The van der Waals surface area contributed by atoms with Gasteiger partial charge in [-0.3, -0.25) is 4.90 Å². The van der Waals surface area contributed by atoms with Crippen LogP contribution in [0.15, 0.2) is 54.6 Å². The molecule has 0 aromatic heterocycles. The zero-order chi connectivity index (χ0) is 16.8. The van der Waals surface area contributed by atoms with Gasteiger partial charge in [-0.25, -0.2) is 0 Å². The minimum Gasteiger partial charge on any atom is -0.496 e. The van der Waals surface area contributed by atoms with E-state index in [0.717, 1.165) is 36.3 Å². The second kappa shape index (κ2) is 8.01. The molecule has 1 aliphatic heterocycles. The quantitative estimate of drug-likeness (QED) is 0.878. The number of aliphatic hydroxyl groups excluding tert-OH is 1. The zero-order valence-electron chi connectivity index (χ0n) is 14.0. The topological polar surface area (TPSA) is 32.7 Å². The van der Waals surface area contributed by atoms with Crippen molar-refractivity contribution in [1.29, 1.82) is 0 Å². The third kappa shape index (κ3) is 3.62. The summed E-state index contributed by atoms with van der Waals surface area (Å²) in [7, 11) is 1.69. The first-order chi connectivity index (χ1) is 11.8. The number of nitrogens with zero attached hydrogens (tertiary/aromatic N) is 1. The molecule has 124 valence electrons. The summed E-state index contributed by atoms with van der Waals surface area (Å²) < 4.78 is 5.55. The second-order valence-corrected chi connectivity index (χ2v) is 6.00. The number of methoxy groups -OCH3 is 1. The standard InChI is InChI=1S/C21H23NO2/c1-24-21-12-6-5-11-19(21)20(22-15-7-10-18(22)16-23)14-13-17-8-3-2-4-9-17/h2-6,8-9,11-12,18,20,23H,7,10,15-16H2,1H3/t18-,20+/m0/s1. The van der Waals surface area contributed by atoms with Crippen molar-refractivity contribution < 1.29 is 9.84 Å². The Hall–Kier alpha value is -2.28. The van der Waals surface area contributed by atoms with Crippen LogP contribution in [-0.2, 0) is 0 Å². The van der Waals surface area contributed by atoms with E-state index in [1.54, 1.807) is 7.11 Å². The van der Waals surface area contributed by atoms with Gasteiger partial charge >= 0.3 is 0 Å². The monoisotopic (exact) mass is 321 g/mol. The first kappa shape index (κ1) is 16.6. The van der Waals surface area contributed by atoms with Crippen LogP contribution in [-0.4, -0.2) is 36.3 Å². The Kier molecular flexibility index (Phi) is 5.53. The molecule has 2 atom stereocenters. The minimum absolute atomic E-state index is 0.0824. The van der Waals surface area contributed by atoms with Crippen molar-refractivity contribution in [1.82, 2.24) is 4.90 Å². The van der Waals surface area contributed by atoms with Gasteiger partial charge < -0.3 is 9.84 Å². The largest absolute Gasteiger partial charge is 0.496 e. The van der Waals surface area contributed by atoms with Gasteiger partial charge in [-0.05, 0) is 31.0 Å². The molecular formula is C21H23NO2. The van der Waals surface area contributed by atoms with Crippen molar-refractivity contribution in [2.75, 3.05) is 20.3 Å². The Morgan fingerprint density at radius 1 is 1.17 bits per heavy atom. The highest BCUT2D eigenvalue weighted by molar-refractivity contribution is 5.43. The van der Waals surface area contributed by atoms with Gasteiger partial charge in [0.2, 0.25) is 0 Å². The Morgan fingerprint density at radius 2 is 1.92 bits per heavy atom. The van der Waals surface area contributed by atoms with Gasteiger partial charge in [0.25, 0.3) is 0 Å². The van der Waals surface area contributed by atoms with Crippen LogP contribution in [0.1, 0.15) is 30.0 Å². The van der Waals surface area contributed by atoms with Crippen LogP contribution in [0.3, 0.4) is 0 Å². The van der Waals surface area contributed by atoms with Crippen molar-refractivity contribution in [2.24, 2.45) is 0 Å². The maximum atomic E-state index is 9.72. The third-order valence-corrected chi connectivity index (χ3v) is 4.53. The molecule has 3 rings (SSSR count). The molecule has 0 spiro atoms. The number of rotatable bonds is 4. The molecule has 1 saturated heterocycles. The fraction of sp³-hybridized carbons (Fsp3) is 0.333. The van der Waals surface area contributed by atoms with Crippen LogP contribution in [0.2, 0.25) is 0 Å². The first-order valence-corrected chi connectivity index (χ1v) is 8.39. The van der Waals surface area contributed by atoms with Crippen molar-refractivity contribution >= 4 is 0 Å². The molecule has 2 aromatic rings. The molecule has 24 heavy (non-hydrogen) atoms. The van der Waals surface area contributed by atoms with Gasteiger partial charge in [0, 0.05) is 23.7 Å². The summed E-state index contributed by atoms with van der Waals surface area (Å²) in [4.78, 5) is 2.30. The molecule has 0 radical (unpaired) electrons. The lowest BCUT2D eigenvalue weighted by molar-refractivity contribution is 0.139. The van der Waals surface area contributed by atoms with E-state index in [-0.39, 0.29) is 18.7 Å². The molecule has 1 heterocycles. The Morgan fingerprint density at radius 3 is 2.67 bits per heavy atom. The molecule has 1 N–H and O–H groups in total. The summed E-state index contributed by atoms with van der Waals surface area (Å²) in [6, 6.07) is 18.1. The van der Waals surface area contributed by atoms with E-state index in [1.807, 2.05) is 48.5 Å². The Balaban J connectivity index is 1.99. The lowest BCUT2D eigenvalue weighted by atomic mass is 10.0. The van der Waals surface area contributed by atoms with E-state index >= 15 is 0 Å². The number of aliphatic hydroxyl groups is 1. The lowest BCUT2D eigenvalue weighted by Crippen LogP contribution is -2.35. The van der Waals surface area contributed by atoms with Gasteiger partial charge in [0.1, 0.15) is 11.8 Å². The molecular weight excluding hydrogens is 298 g/mol. The van der Waals surface area contributed by atoms with Gasteiger partial charge in [-0.2, -0.15) is 0 Å². The summed E-state index contributed by atoms with van der Waals surface area (Å²) in [5.41, 5.74) is 2.06. The zero-order valence-corrected chi connectivity index (χ0v) is 14.0. The van der Waals surface area contributed by atoms with E-state index in [4.69, 9.17) is 4.74 Å². The van der Waals surface area contributed by atoms with Crippen molar-refractivity contribution in [3.05, 3.63) is 65.7 Å². The van der Waals surface area contributed by atoms with Crippen LogP contribution in [0, 0.1) is 11.8 Å². The molecule has 2 aromatic carbocycles. The summed E-state index contributed by atoms with van der Waals surface area (Å²) >= 11 is 0. The third-order valence-electron chi connectivity index (χ3n) is 4.53. The average Bonchev–Trinajstić information content (AvgIpc) is 3.12. The Labute approximate surface area is 143 Å². The molecule has 0 bridgehead atoms.